The lowest BCUT2D eigenvalue weighted by Crippen LogP contribution is -2.35. The molecule has 0 aliphatic rings. The van der Waals surface area contributed by atoms with Gasteiger partial charge in [0.25, 0.3) is 0 Å². The Kier molecular flexibility index (Phi) is 7.88. The smallest absolute Gasteiger partial charge is 0.0109 e. The van der Waals surface area contributed by atoms with E-state index in [4.69, 9.17) is 0 Å². The number of unbranched alkanes of at least 4 members (excludes halogenated alkanes) is 1. The molecule has 0 saturated carbocycles. The van der Waals surface area contributed by atoms with Gasteiger partial charge in [-0.25, -0.2) is 0 Å². The summed E-state index contributed by atoms with van der Waals surface area (Å²) in [5, 5.41) is 5.58. The summed E-state index contributed by atoms with van der Waals surface area (Å²) in [5.74, 6) is 0. The number of likely N-dealkylation sites (N-methyl/N-ethyl adjacent to an activating group) is 2. The summed E-state index contributed by atoms with van der Waals surface area (Å²) < 4.78 is 0. The maximum Gasteiger partial charge on any atom is 0.0109 e. The lowest BCUT2D eigenvalue weighted by atomic mass is 9.93. The van der Waals surface area contributed by atoms with Crippen molar-refractivity contribution in [2.75, 3.05) is 39.3 Å². The van der Waals surface area contributed by atoms with Crippen LogP contribution in [0.2, 0.25) is 0 Å². The number of fused-ring (bicyclic) bond motifs is 2. The molecule has 0 spiro atoms. The molecule has 0 saturated heterocycles. The Morgan fingerprint density at radius 2 is 1.14 bits per heavy atom. The van der Waals surface area contributed by atoms with Crippen LogP contribution in [0, 0.1) is 0 Å². The van der Waals surface area contributed by atoms with E-state index < -0.39 is 0 Å². The summed E-state index contributed by atoms with van der Waals surface area (Å²) >= 11 is 0. The molecule has 0 heterocycles. The average Bonchev–Trinajstić information content (AvgIpc) is 2.75. The molecule has 0 amide bonds. The summed E-state index contributed by atoms with van der Waals surface area (Å²) in [5.41, 5.74) is 1.53. The van der Waals surface area contributed by atoms with Gasteiger partial charge < -0.3 is 9.80 Å². The predicted molar refractivity (Wildman–Crippen MR) is 124 cm³/mol. The number of hydrogen-bond acceptors (Lipinski definition) is 2. The van der Waals surface area contributed by atoms with Crippen molar-refractivity contribution in [1.82, 2.24) is 9.80 Å². The van der Waals surface area contributed by atoms with E-state index in [1.54, 1.807) is 0 Å². The van der Waals surface area contributed by atoms with Gasteiger partial charge in [0.1, 0.15) is 0 Å². The lowest BCUT2D eigenvalue weighted by Gasteiger charge is -2.25. The monoisotopic (exact) mass is 376 g/mol. The summed E-state index contributed by atoms with van der Waals surface area (Å²) in [4.78, 5) is 5.13. The molecule has 2 heteroatoms. The Bertz CT molecular complexity index is 813. The molecule has 150 valence electrons. The summed E-state index contributed by atoms with van der Waals surface area (Å²) in [7, 11) is 0. The highest BCUT2D eigenvalue weighted by Gasteiger charge is 2.09. The molecule has 3 aromatic carbocycles. The van der Waals surface area contributed by atoms with Crippen LogP contribution in [-0.4, -0.2) is 49.1 Å². The highest BCUT2D eigenvalue weighted by atomic mass is 15.2. The molecule has 28 heavy (non-hydrogen) atoms. The maximum atomic E-state index is 2.61. The first-order valence-corrected chi connectivity index (χ1v) is 11.1. The highest BCUT2D eigenvalue weighted by Crippen LogP contribution is 2.29. The molecular weight excluding hydrogens is 340 g/mol. The Labute approximate surface area is 171 Å². The normalized spacial score (nSPS) is 11.9. The van der Waals surface area contributed by atoms with Gasteiger partial charge >= 0.3 is 0 Å². The van der Waals surface area contributed by atoms with Crippen LogP contribution in [0.25, 0.3) is 21.5 Å². The first kappa shape index (κ1) is 20.8. The standard InChI is InChI=1S/C26H36N2/c1-4-27(5-2)19-20-28(6-3)18-12-11-17-26-24-15-9-7-13-22(24)21-23-14-8-10-16-25(23)26/h7-10,13-16,21H,4-6,11-12,17-20H2,1-3H3. The van der Waals surface area contributed by atoms with Gasteiger partial charge in [-0.3, -0.25) is 0 Å². The molecule has 0 aliphatic heterocycles. The number of hydrogen-bond donors (Lipinski definition) is 0. The second kappa shape index (κ2) is 10.6. The van der Waals surface area contributed by atoms with Gasteiger partial charge in [-0.05, 0) is 78.6 Å². The van der Waals surface area contributed by atoms with Crippen LogP contribution in [0.1, 0.15) is 39.2 Å². The third kappa shape index (κ3) is 5.12. The molecule has 0 N–H and O–H groups in total. The zero-order valence-electron chi connectivity index (χ0n) is 18.0. The first-order valence-electron chi connectivity index (χ1n) is 11.1. The van der Waals surface area contributed by atoms with Gasteiger partial charge in [0.05, 0.1) is 0 Å². The molecule has 2 nitrogen and oxygen atoms in total. The van der Waals surface area contributed by atoms with E-state index in [1.807, 2.05) is 0 Å². The van der Waals surface area contributed by atoms with Crippen LogP contribution in [0.4, 0.5) is 0 Å². The van der Waals surface area contributed by atoms with E-state index in [9.17, 15) is 0 Å². The second-order valence-electron chi connectivity index (χ2n) is 7.72. The molecule has 3 aromatic rings. The van der Waals surface area contributed by atoms with Gasteiger partial charge in [-0.1, -0.05) is 69.3 Å². The van der Waals surface area contributed by atoms with Crippen molar-refractivity contribution >= 4 is 21.5 Å². The number of benzene rings is 3. The first-order chi connectivity index (χ1) is 13.8. The molecule has 0 unspecified atom stereocenters. The van der Waals surface area contributed by atoms with Crippen LogP contribution in [0.15, 0.2) is 54.6 Å². The van der Waals surface area contributed by atoms with Crippen LogP contribution in [0.5, 0.6) is 0 Å². The van der Waals surface area contributed by atoms with Crippen molar-refractivity contribution in [3.8, 4) is 0 Å². The minimum Gasteiger partial charge on any atom is -0.303 e. The Balaban J connectivity index is 1.63. The van der Waals surface area contributed by atoms with E-state index >= 15 is 0 Å². The summed E-state index contributed by atoms with van der Waals surface area (Å²) in [6.07, 6.45) is 3.68. The topological polar surface area (TPSA) is 6.48 Å². The minimum absolute atomic E-state index is 1.15. The maximum absolute atomic E-state index is 2.61. The largest absolute Gasteiger partial charge is 0.303 e. The minimum atomic E-state index is 1.15. The molecular formula is C26H36N2. The van der Waals surface area contributed by atoms with E-state index in [-0.39, 0.29) is 0 Å². The van der Waals surface area contributed by atoms with Gasteiger partial charge in [0.15, 0.2) is 0 Å². The molecule has 3 rings (SSSR count). The fourth-order valence-corrected chi connectivity index (χ4v) is 4.27. The number of aryl methyl sites for hydroxylation is 1. The van der Waals surface area contributed by atoms with Crippen molar-refractivity contribution in [2.45, 2.75) is 40.0 Å². The van der Waals surface area contributed by atoms with Crippen LogP contribution < -0.4 is 0 Å². The highest BCUT2D eigenvalue weighted by molar-refractivity contribution is 6.02. The fraction of sp³-hybridized carbons (Fsp3) is 0.462. The zero-order chi connectivity index (χ0) is 19.8. The van der Waals surface area contributed by atoms with Gasteiger partial charge in [-0.15, -0.1) is 0 Å². The molecule has 0 bridgehead atoms. The average molecular weight is 377 g/mol. The summed E-state index contributed by atoms with van der Waals surface area (Å²) in [6.45, 7) is 13.9. The molecule has 0 atom stereocenters. The SMILES string of the molecule is CCN(CC)CCN(CC)CCCCc1c2ccccc2cc2ccccc12. The van der Waals surface area contributed by atoms with E-state index in [2.05, 4.69) is 85.2 Å². The Morgan fingerprint density at radius 3 is 1.71 bits per heavy atom. The van der Waals surface area contributed by atoms with Crippen molar-refractivity contribution in [3.05, 3.63) is 60.2 Å². The van der Waals surface area contributed by atoms with E-state index in [1.165, 1.54) is 59.6 Å². The van der Waals surface area contributed by atoms with Crippen molar-refractivity contribution in [2.24, 2.45) is 0 Å². The van der Waals surface area contributed by atoms with Gasteiger partial charge in [-0.2, -0.15) is 0 Å². The lowest BCUT2D eigenvalue weighted by molar-refractivity contribution is 0.218. The van der Waals surface area contributed by atoms with Crippen LogP contribution in [-0.2, 0) is 6.42 Å². The molecule has 0 fully saturated rings. The van der Waals surface area contributed by atoms with Crippen molar-refractivity contribution in [3.63, 3.8) is 0 Å². The van der Waals surface area contributed by atoms with Crippen molar-refractivity contribution < 1.29 is 0 Å². The summed E-state index contributed by atoms with van der Waals surface area (Å²) in [6, 6.07) is 20.1. The van der Waals surface area contributed by atoms with Crippen molar-refractivity contribution in [1.29, 1.82) is 0 Å². The molecule has 0 radical (unpaired) electrons. The third-order valence-electron chi connectivity index (χ3n) is 6.11. The van der Waals surface area contributed by atoms with E-state index in [0.29, 0.717) is 0 Å². The Hall–Kier alpha value is -1.90. The van der Waals surface area contributed by atoms with Gasteiger partial charge in [0.2, 0.25) is 0 Å². The molecule has 0 aliphatic carbocycles. The second-order valence-corrected chi connectivity index (χ2v) is 7.72. The Morgan fingerprint density at radius 1 is 0.607 bits per heavy atom. The van der Waals surface area contributed by atoms with Crippen LogP contribution in [0.3, 0.4) is 0 Å². The third-order valence-corrected chi connectivity index (χ3v) is 6.11. The van der Waals surface area contributed by atoms with Gasteiger partial charge in [0, 0.05) is 13.1 Å². The van der Waals surface area contributed by atoms with E-state index in [0.717, 1.165) is 26.1 Å². The number of rotatable bonds is 11. The number of nitrogens with zero attached hydrogens (tertiary/aromatic N) is 2. The zero-order valence-corrected chi connectivity index (χ0v) is 18.0. The predicted octanol–water partition coefficient (Wildman–Crippen LogP) is 5.98. The quantitative estimate of drug-likeness (QED) is 0.300. The fourth-order valence-electron chi connectivity index (χ4n) is 4.27. The van der Waals surface area contributed by atoms with Crippen LogP contribution >= 0.6 is 0 Å². The molecule has 0 aromatic heterocycles.